The summed E-state index contributed by atoms with van der Waals surface area (Å²) in [6.45, 7) is 0.780. The molecule has 1 N–H and O–H groups in total. The van der Waals surface area contributed by atoms with Gasteiger partial charge in [-0.2, -0.15) is 0 Å². The molecule has 4 nitrogen and oxygen atoms in total. The molecule has 0 aliphatic carbocycles. The number of hydrogen-bond acceptors (Lipinski definition) is 4. The molecular formula is C12H17NO3S. The molecule has 0 bridgehead atoms. The maximum absolute atomic E-state index is 11.5. The van der Waals surface area contributed by atoms with Crippen LogP contribution in [0.1, 0.15) is 12.0 Å². The van der Waals surface area contributed by atoms with E-state index in [2.05, 4.69) is 5.32 Å². The van der Waals surface area contributed by atoms with E-state index in [0.717, 1.165) is 24.9 Å². The molecule has 94 valence electrons. The summed E-state index contributed by atoms with van der Waals surface area (Å²) in [7, 11) is -1.28. The Balaban J connectivity index is 2.29. The molecule has 0 aromatic heterocycles. The number of fused-ring (bicyclic) bond motifs is 1. The molecule has 5 heteroatoms. The van der Waals surface area contributed by atoms with Crippen LogP contribution in [-0.2, 0) is 16.3 Å². The third-order valence-corrected chi connectivity index (χ3v) is 4.04. The lowest BCUT2D eigenvalue weighted by molar-refractivity contribution is 0.173. The average Bonchev–Trinajstić information content (AvgIpc) is 2.27. The normalized spacial score (nSPS) is 19.5. The van der Waals surface area contributed by atoms with Crippen LogP contribution in [0.25, 0.3) is 0 Å². The first-order chi connectivity index (χ1) is 8.00. The predicted molar refractivity (Wildman–Crippen MR) is 66.2 cm³/mol. The summed E-state index contributed by atoms with van der Waals surface area (Å²) in [5, 5.41) is 3.07. The predicted octanol–water partition coefficient (Wildman–Crippen LogP) is 1.00. The number of rotatable bonds is 3. The van der Waals surface area contributed by atoms with Crippen LogP contribution in [0.15, 0.2) is 23.1 Å². The summed E-state index contributed by atoms with van der Waals surface area (Å²) < 4.78 is 28.7. The van der Waals surface area contributed by atoms with Gasteiger partial charge in [0.15, 0.2) is 9.84 Å². The van der Waals surface area contributed by atoms with Crippen molar-refractivity contribution < 1.29 is 13.2 Å². The first-order valence-corrected chi connectivity index (χ1v) is 7.54. The summed E-state index contributed by atoms with van der Waals surface area (Å²) >= 11 is 0. The van der Waals surface area contributed by atoms with Crippen molar-refractivity contribution in [2.24, 2.45) is 0 Å². The zero-order valence-electron chi connectivity index (χ0n) is 10.1. The van der Waals surface area contributed by atoms with E-state index in [9.17, 15) is 8.42 Å². The quantitative estimate of drug-likeness (QED) is 0.875. The number of nitrogens with one attached hydrogen (secondary N) is 1. The van der Waals surface area contributed by atoms with Crippen molar-refractivity contribution in [2.75, 3.05) is 19.8 Å². The molecule has 1 aromatic carbocycles. The van der Waals surface area contributed by atoms with Crippen molar-refractivity contribution >= 4 is 9.84 Å². The number of aryl methyl sites for hydroxylation is 1. The summed E-state index contributed by atoms with van der Waals surface area (Å²) in [5.41, 5.74) is 1.09. The molecule has 0 radical (unpaired) electrons. The van der Waals surface area contributed by atoms with E-state index in [0.29, 0.717) is 10.6 Å². The van der Waals surface area contributed by atoms with Gasteiger partial charge < -0.3 is 10.1 Å². The second-order valence-corrected chi connectivity index (χ2v) is 6.39. The second kappa shape index (κ2) is 4.66. The summed E-state index contributed by atoms with van der Waals surface area (Å²) in [4.78, 5) is 0.321. The van der Waals surface area contributed by atoms with Crippen LogP contribution in [0.3, 0.4) is 0 Å². The van der Waals surface area contributed by atoms with Crippen LogP contribution in [0, 0.1) is 0 Å². The molecule has 1 atom stereocenters. The zero-order chi connectivity index (χ0) is 12.5. The van der Waals surface area contributed by atoms with Crippen molar-refractivity contribution in [1.29, 1.82) is 0 Å². The molecule has 17 heavy (non-hydrogen) atoms. The highest BCUT2D eigenvalue weighted by molar-refractivity contribution is 7.90. The lowest BCUT2D eigenvalue weighted by Crippen LogP contribution is -2.32. The fourth-order valence-corrected chi connectivity index (χ4v) is 2.64. The second-order valence-electron chi connectivity index (χ2n) is 4.38. The van der Waals surface area contributed by atoms with Crippen LogP contribution < -0.4 is 10.1 Å². The van der Waals surface area contributed by atoms with Crippen LogP contribution in [0.5, 0.6) is 5.75 Å². The van der Waals surface area contributed by atoms with Crippen molar-refractivity contribution in [3.05, 3.63) is 23.8 Å². The highest BCUT2D eigenvalue weighted by Crippen LogP contribution is 2.29. The number of sulfone groups is 1. The Bertz CT molecular complexity index is 510. The van der Waals surface area contributed by atoms with Gasteiger partial charge in [0.25, 0.3) is 0 Å². The minimum atomic E-state index is -3.16. The van der Waals surface area contributed by atoms with Gasteiger partial charge in [-0.15, -0.1) is 0 Å². The molecule has 2 rings (SSSR count). The first-order valence-electron chi connectivity index (χ1n) is 5.65. The van der Waals surface area contributed by atoms with Crippen LogP contribution in [0.4, 0.5) is 0 Å². The zero-order valence-corrected chi connectivity index (χ0v) is 10.9. The number of ether oxygens (including phenoxy) is 1. The number of hydrogen-bond donors (Lipinski definition) is 1. The van der Waals surface area contributed by atoms with Crippen LogP contribution in [0.2, 0.25) is 0 Å². The van der Waals surface area contributed by atoms with Gasteiger partial charge in [-0.1, -0.05) is 6.07 Å². The largest absolute Gasteiger partial charge is 0.489 e. The van der Waals surface area contributed by atoms with Crippen molar-refractivity contribution in [3.63, 3.8) is 0 Å². The molecule has 0 fully saturated rings. The Morgan fingerprint density at radius 2 is 2.24 bits per heavy atom. The Labute approximate surface area is 102 Å². The maximum atomic E-state index is 11.5. The van der Waals surface area contributed by atoms with E-state index in [1.54, 1.807) is 12.1 Å². The SMILES string of the molecule is CNC[C@@H]1CCc2ccc(S(C)(=O)=O)cc2O1. The van der Waals surface area contributed by atoms with Gasteiger partial charge in [-0.3, -0.25) is 0 Å². The van der Waals surface area contributed by atoms with Gasteiger partial charge in [0, 0.05) is 12.8 Å². The van der Waals surface area contributed by atoms with Gasteiger partial charge in [0.2, 0.25) is 0 Å². The molecule has 1 aromatic rings. The molecule has 0 unspecified atom stereocenters. The molecule has 0 spiro atoms. The monoisotopic (exact) mass is 255 g/mol. The molecule has 0 saturated carbocycles. The molecule has 1 heterocycles. The highest BCUT2D eigenvalue weighted by Gasteiger charge is 2.20. The van der Waals surface area contributed by atoms with Crippen molar-refractivity contribution in [1.82, 2.24) is 5.32 Å². The first kappa shape index (κ1) is 12.4. The van der Waals surface area contributed by atoms with E-state index in [4.69, 9.17) is 4.74 Å². The van der Waals surface area contributed by atoms with E-state index in [1.807, 2.05) is 13.1 Å². The van der Waals surface area contributed by atoms with Gasteiger partial charge >= 0.3 is 0 Å². The van der Waals surface area contributed by atoms with E-state index >= 15 is 0 Å². The maximum Gasteiger partial charge on any atom is 0.175 e. The van der Waals surface area contributed by atoms with Crippen molar-refractivity contribution in [2.45, 2.75) is 23.8 Å². The van der Waals surface area contributed by atoms with Gasteiger partial charge in [-0.05, 0) is 37.6 Å². The Kier molecular flexibility index (Phi) is 3.40. The van der Waals surface area contributed by atoms with Crippen LogP contribution >= 0.6 is 0 Å². The van der Waals surface area contributed by atoms with E-state index in [-0.39, 0.29) is 6.10 Å². The lowest BCUT2D eigenvalue weighted by Gasteiger charge is -2.26. The molecular weight excluding hydrogens is 238 g/mol. The third kappa shape index (κ3) is 2.79. The van der Waals surface area contributed by atoms with Gasteiger partial charge in [0.05, 0.1) is 4.90 Å². The minimum absolute atomic E-state index is 0.127. The topological polar surface area (TPSA) is 55.4 Å². The van der Waals surface area contributed by atoms with Crippen LogP contribution in [-0.4, -0.2) is 34.4 Å². The smallest absolute Gasteiger partial charge is 0.175 e. The average molecular weight is 255 g/mol. The Morgan fingerprint density at radius 1 is 1.47 bits per heavy atom. The summed E-state index contributed by atoms with van der Waals surface area (Å²) in [6.07, 6.45) is 3.24. The van der Waals surface area contributed by atoms with E-state index < -0.39 is 9.84 Å². The number of benzene rings is 1. The fourth-order valence-electron chi connectivity index (χ4n) is 2.01. The van der Waals surface area contributed by atoms with Gasteiger partial charge in [0.1, 0.15) is 11.9 Å². The van der Waals surface area contributed by atoms with Gasteiger partial charge in [-0.25, -0.2) is 8.42 Å². The standard InChI is InChI=1S/C12H17NO3S/c1-13-8-10-5-3-9-4-6-11(17(2,14)15)7-12(9)16-10/h4,6-7,10,13H,3,5,8H2,1-2H3/t10-/m0/s1. The molecule has 1 aliphatic rings. The lowest BCUT2D eigenvalue weighted by atomic mass is 10.0. The summed E-state index contributed by atoms with van der Waals surface area (Å²) in [5.74, 6) is 0.708. The molecule has 0 amide bonds. The molecule has 0 saturated heterocycles. The summed E-state index contributed by atoms with van der Waals surface area (Å²) in [6, 6.07) is 5.13. The highest BCUT2D eigenvalue weighted by atomic mass is 32.2. The Hall–Kier alpha value is -1.07. The molecule has 1 aliphatic heterocycles. The Morgan fingerprint density at radius 3 is 2.88 bits per heavy atom. The minimum Gasteiger partial charge on any atom is -0.489 e. The third-order valence-electron chi connectivity index (χ3n) is 2.93. The van der Waals surface area contributed by atoms with E-state index in [1.165, 1.54) is 6.26 Å². The van der Waals surface area contributed by atoms with Crippen molar-refractivity contribution in [3.8, 4) is 5.75 Å². The fraction of sp³-hybridized carbons (Fsp3) is 0.500. The number of likely N-dealkylation sites (N-methyl/N-ethyl adjacent to an activating group) is 1.